The van der Waals surface area contributed by atoms with Crippen LogP contribution in [0.3, 0.4) is 0 Å². The number of fused-ring (bicyclic) bond motifs is 3. The Labute approximate surface area is 270 Å². The molecule has 0 radical (unpaired) electrons. The van der Waals surface area contributed by atoms with E-state index in [0.29, 0.717) is 25.0 Å². The van der Waals surface area contributed by atoms with E-state index in [2.05, 4.69) is 71.3 Å². The van der Waals surface area contributed by atoms with E-state index in [9.17, 15) is 5.11 Å². The van der Waals surface area contributed by atoms with Gasteiger partial charge in [0.25, 0.3) is 0 Å². The summed E-state index contributed by atoms with van der Waals surface area (Å²) in [5.41, 5.74) is 3.41. The van der Waals surface area contributed by atoms with Crippen molar-refractivity contribution in [3.05, 3.63) is 139 Å². The first-order valence-corrected chi connectivity index (χ1v) is 15.8. The smallest absolute Gasteiger partial charge is 0.309 e. The number of aliphatic hydroxyl groups is 1. The number of para-hydroxylation sites is 2. The van der Waals surface area contributed by atoms with Gasteiger partial charge in [-0.1, -0.05) is 121 Å². The van der Waals surface area contributed by atoms with Gasteiger partial charge in [0.1, 0.15) is 5.82 Å². The molecule has 6 nitrogen and oxygen atoms in total. The van der Waals surface area contributed by atoms with Gasteiger partial charge in [-0.05, 0) is 39.8 Å². The summed E-state index contributed by atoms with van der Waals surface area (Å²) in [6, 6.07) is 37.2. The molecule has 0 fully saturated rings. The average Bonchev–Trinajstić information content (AvgIpc) is 3.41. The molecule has 7 heteroatoms. The van der Waals surface area contributed by atoms with Gasteiger partial charge < -0.3 is 14.3 Å². The molecule has 0 spiro atoms. The fraction of sp³-hybridized carbons (Fsp3) is 0.205. The van der Waals surface area contributed by atoms with E-state index in [1.807, 2.05) is 74.5 Å². The number of rotatable bonds is 8. The second-order valence-electron chi connectivity index (χ2n) is 13.0. The second kappa shape index (κ2) is 11.8. The Morgan fingerprint density at radius 3 is 1.70 bits per heavy atom. The van der Waals surface area contributed by atoms with E-state index in [1.165, 1.54) is 10.8 Å². The third-order valence-electron chi connectivity index (χ3n) is 9.27. The lowest BCUT2D eigenvalue weighted by Gasteiger charge is -2.38. The number of nitrogens with zero attached hydrogens (tertiary/aromatic N) is 4. The molecule has 2 atom stereocenters. The highest BCUT2D eigenvalue weighted by Gasteiger charge is 2.37. The lowest BCUT2D eigenvalue weighted by molar-refractivity contribution is -0.0896. The highest BCUT2D eigenvalue weighted by molar-refractivity contribution is 6.39. The third kappa shape index (κ3) is 5.57. The topological polar surface area (TPSA) is 73.1 Å². The summed E-state index contributed by atoms with van der Waals surface area (Å²) in [4.78, 5) is 15.3. The largest absolute Gasteiger partial charge is 0.427 e. The molecule has 0 bridgehead atoms. The zero-order chi connectivity index (χ0) is 31.9. The van der Waals surface area contributed by atoms with Crippen LogP contribution in [0.2, 0.25) is 0 Å². The minimum atomic E-state index is -1.01. The van der Waals surface area contributed by atoms with Crippen molar-refractivity contribution in [3.63, 3.8) is 0 Å². The van der Waals surface area contributed by atoms with E-state index < -0.39 is 11.2 Å². The van der Waals surface area contributed by atoms with Gasteiger partial charge in [-0.25, -0.2) is 15.0 Å². The van der Waals surface area contributed by atoms with Gasteiger partial charge in [0, 0.05) is 32.9 Å². The van der Waals surface area contributed by atoms with Crippen molar-refractivity contribution in [2.45, 2.75) is 50.9 Å². The summed E-state index contributed by atoms with van der Waals surface area (Å²) in [6.45, 7) is 7.39. The minimum Gasteiger partial charge on any atom is -0.427 e. The van der Waals surface area contributed by atoms with Gasteiger partial charge in [0.2, 0.25) is 0 Å². The molecule has 1 aliphatic rings. The Bertz CT molecular complexity index is 1970. The maximum Gasteiger partial charge on any atom is 0.309 e. The van der Waals surface area contributed by atoms with E-state index >= 15 is 0 Å². The molecule has 2 aromatic heterocycles. The van der Waals surface area contributed by atoms with Crippen LogP contribution < -0.4 is 0 Å². The Hall–Kier alpha value is -4.85. The molecule has 6 aromatic rings. The Kier molecular flexibility index (Phi) is 7.67. The Morgan fingerprint density at radius 2 is 1.17 bits per heavy atom. The van der Waals surface area contributed by atoms with E-state index in [1.54, 1.807) is 13.8 Å². The lowest BCUT2D eigenvalue weighted by Crippen LogP contribution is -2.48. The van der Waals surface area contributed by atoms with Crippen molar-refractivity contribution in [1.82, 2.24) is 19.5 Å². The highest BCUT2D eigenvalue weighted by atomic mass is 16.5. The molecular weight excluding hydrogens is 567 g/mol. The Morgan fingerprint density at radius 1 is 0.674 bits per heavy atom. The SMILES string of the molecule is CC(C)(O)C(C)(C)OBC1=CC(c2nc(-c3ccccc3)nc(-c3ccccc3)n2)C(n2c3ccccc3c3ccccc32)C=C1. The number of hydrogen-bond donors (Lipinski definition) is 1. The summed E-state index contributed by atoms with van der Waals surface area (Å²) in [6.07, 6.45) is 6.61. The predicted molar refractivity (Wildman–Crippen MR) is 188 cm³/mol. The number of aromatic nitrogens is 4. The normalized spacial score (nSPS) is 16.9. The first kappa shape index (κ1) is 29.8. The summed E-state index contributed by atoms with van der Waals surface area (Å²) >= 11 is 0. The van der Waals surface area contributed by atoms with Gasteiger partial charge in [0.15, 0.2) is 11.6 Å². The van der Waals surface area contributed by atoms with Crippen molar-refractivity contribution in [1.29, 1.82) is 0 Å². The maximum absolute atomic E-state index is 10.8. The molecule has 0 saturated carbocycles. The van der Waals surface area contributed by atoms with E-state index in [4.69, 9.17) is 19.6 Å². The zero-order valence-corrected chi connectivity index (χ0v) is 26.6. The molecule has 0 aliphatic heterocycles. The molecule has 1 aliphatic carbocycles. The molecule has 2 heterocycles. The van der Waals surface area contributed by atoms with Crippen LogP contribution in [0.1, 0.15) is 45.5 Å². The van der Waals surface area contributed by atoms with Crippen LogP contribution >= 0.6 is 0 Å². The number of hydrogen-bond acceptors (Lipinski definition) is 5. The van der Waals surface area contributed by atoms with Crippen molar-refractivity contribution in [3.8, 4) is 22.8 Å². The van der Waals surface area contributed by atoms with Crippen LogP contribution in [-0.4, -0.2) is 43.3 Å². The van der Waals surface area contributed by atoms with Crippen molar-refractivity contribution >= 4 is 29.3 Å². The predicted octanol–water partition coefficient (Wildman–Crippen LogP) is 8.01. The van der Waals surface area contributed by atoms with Gasteiger partial charge >= 0.3 is 7.48 Å². The first-order valence-electron chi connectivity index (χ1n) is 15.8. The quantitative estimate of drug-likeness (QED) is 0.178. The molecule has 1 N–H and O–H groups in total. The monoisotopic (exact) mass is 604 g/mol. The standard InChI is InChI=1S/C39H37BN4O2/c1-38(2,45)39(3,4)46-40-28-23-24-34(44-32-21-13-11-19-29(32)30-20-12-14-22-33(30)44)31(25-28)37-42-35(26-15-7-5-8-16-26)41-36(43-37)27-17-9-6-10-18-27/h5-25,31,34,40,45H,1-4H3. The molecule has 228 valence electrons. The van der Waals surface area contributed by atoms with E-state index in [0.717, 1.165) is 27.6 Å². The zero-order valence-electron chi connectivity index (χ0n) is 26.6. The van der Waals surface area contributed by atoms with Crippen molar-refractivity contribution < 1.29 is 9.76 Å². The van der Waals surface area contributed by atoms with Gasteiger partial charge in [0.05, 0.1) is 23.2 Å². The molecular formula is C39H37BN4O2. The molecule has 2 unspecified atom stereocenters. The average molecular weight is 605 g/mol. The third-order valence-corrected chi connectivity index (χ3v) is 9.27. The van der Waals surface area contributed by atoms with Crippen molar-refractivity contribution in [2.75, 3.05) is 0 Å². The molecule has 0 saturated heterocycles. The van der Waals surface area contributed by atoms with Crippen LogP contribution in [0.25, 0.3) is 44.6 Å². The number of allylic oxidation sites excluding steroid dienone is 4. The molecule has 4 aromatic carbocycles. The summed E-state index contributed by atoms with van der Waals surface area (Å²) in [7, 11) is 0.339. The Balaban J connectivity index is 1.42. The van der Waals surface area contributed by atoms with Crippen molar-refractivity contribution in [2.24, 2.45) is 0 Å². The summed E-state index contributed by atoms with van der Waals surface area (Å²) in [5, 5.41) is 13.2. The fourth-order valence-electron chi connectivity index (χ4n) is 5.99. The van der Waals surface area contributed by atoms with E-state index in [-0.39, 0.29) is 12.0 Å². The van der Waals surface area contributed by atoms with Crippen LogP contribution in [0.15, 0.2) is 133 Å². The van der Waals surface area contributed by atoms with Gasteiger partial charge in [-0.2, -0.15) is 0 Å². The van der Waals surface area contributed by atoms with Gasteiger partial charge in [-0.3, -0.25) is 0 Å². The fourth-order valence-corrected chi connectivity index (χ4v) is 5.99. The van der Waals surface area contributed by atoms with Crippen LogP contribution in [-0.2, 0) is 4.65 Å². The van der Waals surface area contributed by atoms with Crippen LogP contribution in [0, 0.1) is 0 Å². The maximum atomic E-state index is 10.8. The molecule has 7 rings (SSSR count). The molecule has 46 heavy (non-hydrogen) atoms. The summed E-state index contributed by atoms with van der Waals surface area (Å²) in [5.74, 6) is 1.72. The first-order chi connectivity index (χ1) is 22.2. The molecule has 0 amide bonds. The summed E-state index contributed by atoms with van der Waals surface area (Å²) < 4.78 is 8.75. The highest BCUT2D eigenvalue weighted by Crippen LogP contribution is 2.41. The second-order valence-corrected chi connectivity index (χ2v) is 13.0. The van der Waals surface area contributed by atoms with Gasteiger partial charge in [-0.15, -0.1) is 0 Å². The minimum absolute atomic E-state index is 0.120. The lowest BCUT2D eigenvalue weighted by atomic mass is 9.76. The van der Waals surface area contributed by atoms with Crippen LogP contribution in [0.5, 0.6) is 0 Å². The number of benzene rings is 4. The van der Waals surface area contributed by atoms with Crippen LogP contribution in [0.4, 0.5) is 0 Å².